The molecule has 0 saturated carbocycles. The molecule has 622 valence electrons. The second-order valence-corrected chi connectivity index (χ2v) is 47.9. The zero-order valence-corrected chi connectivity index (χ0v) is 74.6. The number of hydrogen-bond acceptors (Lipinski definition) is 30. The molecule has 6 aromatic carbocycles. The number of nitrogens with zero attached hydrogens (tertiary/aromatic N) is 11. The van der Waals surface area contributed by atoms with Crippen molar-refractivity contribution in [1.82, 2.24) is 19.1 Å². The van der Waals surface area contributed by atoms with E-state index in [1.807, 2.05) is 57.2 Å². The number of hydrogen-bond donors (Lipinski definition) is 5. The molecule has 0 bridgehead atoms. The molecule has 1 amide bonds. The van der Waals surface area contributed by atoms with Crippen LogP contribution in [0.1, 0.15) is 40.3 Å². The average Bonchev–Trinajstić information content (AvgIpc) is 1.61. The standard InChI is InChI=1S/C12H15N3O4.C10H7N3O3.C10H9N3O.C9H8N2O3.C8H6N2O4.C8H6N2O3S.C4H11NO2.CH3I.2CH4.P4S10/c1-8(18-2)6-13-12-7-19-11-4-3-9(15(16)17)5-10(11)14-12;14-13(15)7-1-2-9-8(5-7)12-4-3-11-10(12)6-16-9;11-7-1-2-9-8(5-7)13-4-3-12-10(13)6-14-9;1-6-5-14-9-3-2-7(11(12)13)4-8(9)10-6;11-8-4-14-7-2-1-5(10(12)13)3-6(7)9-8;11-10(12)5-1-2-7-6(3-5)9-8(14)4-13-7;1-6-4(3-5)7-2;1-2;;;5-1-4(2-6)3-8-10-12-14-13-11-9-7/h3-5,8H,6-7H2,1-2H3,(H,13,14);1-5H,6H2;1-5H,6,11H2;2-4H,5H2,1H3;1-3H,4H2,(H,9,11);1-3H,4H2,(H,9,14);4H,3,5H2,1-2H3;1H3;2*1H4;. The van der Waals surface area contributed by atoms with Crippen LogP contribution in [0.5, 0.6) is 34.5 Å². The number of rotatable bonds is 14. The fourth-order valence-electron chi connectivity index (χ4n) is 9.02. The molecule has 0 fully saturated rings. The van der Waals surface area contributed by atoms with Crippen LogP contribution in [0, 0.1) is 50.6 Å². The molecular formula is C64H73IN16O20P4S11. The summed E-state index contributed by atoms with van der Waals surface area (Å²) in [7, 11) is 20.0. The van der Waals surface area contributed by atoms with Gasteiger partial charge in [-0.2, -0.15) is 0 Å². The molecule has 36 nitrogen and oxygen atoms in total. The molecule has 8 aromatic rings. The number of nitro benzene ring substituents is 5. The van der Waals surface area contributed by atoms with Crippen molar-refractivity contribution in [2.24, 2.45) is 15.7 Å². The van der Waals surface area contributed by atoms with Gasteiger partial charge in [0.2, 0.25) is 0 Å². The van der Waals surface area contributed by atoms with Crippen molar-refractivity contribution in [3.63, 3.8) is 0 Å². The summed E-state index contributed by atoms with van der Waals surface area (Å²) in [6.07, 6.45) is 6.86. The number of ether oxygens (including phenoxy) is 9. The summed E-state index contributed by atoms with van der Waals surface area (Å²) in [5.74, 6) is 5.69. The highest BCUT2D eigenvalue weighted by molar-refractivity contribution is 14.1. The minimum absolute atomic E-state index is 0. The van der Waals surface area contributed by atoms with Crippen molar-refractivity contribution in [3.8, 4) is 45.9 Å². The molecule has 52 heteroatoms. The Kier molecular flexibility index (Phi) is 46.2. The van der Waals surface area contributed by atoms with E-state index in [1.54, 1.807) is 113 Å². The van der Waals surface area contributed by atoms with Crippen LogP contribution in [0.4, 0.5) is 56.9 Å². The summed E-state index contributed by atoms with van der Waals surface area (Å²) in [5, 5.41) is 61.1. The first-order chi connectivity index (χ1) is 54.9. The monoisotopic (exact) mass is 1990 g/mol. The largest absolute Gasteiger partial charge is 0.485 e. The number of nitrogen functional groups attached to an aromatic ring is 1. The lowest BCUT2D eigenvalue weighted by atomic mass is 10.2. The number of nitrogens with one attached hydrogen (secondary N) is 3. The Balaban J connectivity index is 0.000000280. The van der Waals surface area contributed by atoms with Crippen molar-refractivity contribution >= 4 is 240 Å². The number of alkyl halides is 1. The van der Waals surface area contributed by atoms with Gasteiger partial charge < -0.3 is 70.0 Å². The fourth-order valence-corrected chi connectivity index (χ4v) is 44.5. The molecule has 1 atom stereocenters. The van der Waals surface area contributed by atoms with Gasteiger partial charge in [0.25, 0.3) is 34.3 Å². The number of fused-ring (bicyclic) bond motifs is 10. The van der Waals surface area contributed by atoms with Gasteiger partial charge in [0.1, 0.15) is 84.0 Å². The van der Waals surface area contributed by atoms with Gasteiger partial charge in [0.15, 0.2) is 24.5 Å². The normalized spacial score (nSPS) is 13.2. The maximum Gasteiger partial charge on any atom is 0.271 e. The molecule has 0 aliphatic carbocycles. The number of methoxy groups -OCH3 is 3. The number of carbonyl (C=O) groups excluding carboxylic acids is 1. The summed E-state index contributed by atoms with van der Waals surface area (Å²) in [4.78, 5) is 80.6. The third-order valence-electron chi connectivity index (χ3n) is 14.2. The summed E-state index contributed by atoms with van der Waals surface area (Å²) in [6, 6.07) is 27.4. The van der Waals surface area contributed by atoms with Crippen molar-refractivity contribution in [1.29, 1.82) is 0 Å². The lowest BCUT2D eigenvalue weighted by molar-refractivity contribution is -0.385. The highest BCUT2D eigenvalue weighted by Crippen LogP contribution is 2.69. The van der Waals surface area contributed by atoms with E-state index >= 15 is 0 Å². The number of thiocarbonyl (C=S) groups is 1. The van der Waals surface area contributed by atoms with Crippen molar-refractivity contribution < 1.29 is 72.0 Å². The van der Waals surface area contributed by atoms with Gasteiger partial charge in [-0.15, -0.1) is 0 Å². The number of halogens is 1. The van der Waals surface area contributed by atoms with Gasteiger partial charge in [0, 0.05) is 140 Å². The minimum Gasteiger partial charge on any atom is -0.485 e. The number of imidazole rings is 2. The van der Waals surface area contributed by atoms with E-state index in [9.17, 15) is 55.4 Å². The van der Waals surface area contributed by atoms with Crippen LogP contribution in [0.15, 0.2) is 144 Å². The Morgan fingerprint density at radius 3 is 1.51 bits per heavy atom. The second kappa shape index (κ2) is 53.4. The van der Waals surface area contributed by atoms with E-state index in [2.05, 4.69) is 58.5 Å². The lowest BCUT2D eigenvalue weighted by Gasteiger charge is -2.20. The summed E-state index contributed by atoms with van der Waals surface area (Å²) < 4.78 is 50.3. The van der Waals surface area contributed by atoms with E-state index in [0.717, 1.165) is 48.6 Å². The number of benzene rings is 6. The lowest BCUT2D eigenvalue weighted by Crippen LogP contribution is -2.27. The van der Waals surface area contributed by atoms with E-state index in [0.29, 0.717) is 114 Å². The topological polar surface area (TPSA) is 464 Å². The predicted octanol–water partition coefficient (Wildman–Crippen LogP) is 14.9. The number of amides is 1. The van der Waals surface area contributed by atoms with Crippen LogP contribution in [0.25, 0.3) is 11.4 Å². The average molecular weight is 1990 g/mol. The number of aromatic nitrogens is 4. The van der Waals surface area contributed by atoms with Crippen LogP contribution in [0.2, 0.25) is 0 Å². The Morgan fingerprint density at radius 2 is 1.02 bits per heavy atom. The number of aliphatic imine (C=N–C) groups is 2. The Labute approximate surface area is 723 Å². The molecule has 8 heterocycles. The highest BCUT2D eigenvalue weighted by Gasteiger charge is 2.24. The fraction of sp³-hybridized carbons (Fsp3) is 0.281. The quantitative estimate of drug-likeness (QED) is 0.00986. The molecule has 0 spiro atoms. The third kappa shape index (κ3) is 32.3. The van der Waals surface area contributed by atoms with Crippen LogP contribution in [0.3, 0.4) is 0 Å². The molecule has 14 rings (SSSR count). The zero-order chi connectivity index (χ0) is 83.2. The Morgan fingerprint density at radius 1 is 0.586 bits per heavy atom. The van der Waals surface area contributed by atoms with Gasteiger partial charge in [0.05, 0.1) is 78.4 Å². The van der Waals surface area contributed by atoms with E-state index in [-0.39, 0.29) is 75.2 Å². The second-order valence-electron chi connectivity index (χ2n) is 21.6. The smallest absolute Gasteiger partial charge is 0.271 e. The maximum absolute atomic E-state index is 10.9. The minimum atomic E-state index is -0.527. The molecular weight excluding hydrogens is 1920 g/mol. The van der Waals surface area contributed by atoms with Gasteiger partial charge in [-0.1, -0.05) is 73.3 Å². The zero-order valence-electron chi connectivity index (χ0n) is 59.9. The van der Waals surface area contributed by atoms with Gasteiger partial charge in [-0.3, -0.25) is 74.5 Å². The van der Waals surface area contributed by atoms with Crippen LogP contribution < -0.4 is 55.8 Å². The third-order valence-corrected chi connectivity index (χ3v) is 48.2. The van der Waals surface area contributed by atoms with Crippen LogP contribution >= 0.6 is 62.9 Å². The summed E-state index contributed by atoms with van der Waals surface area (Å²) in [6.45, 7) is 6.44. The Hall–Kier alpha value is -8.06. The number of amidine groups is 1. The SMILES string of the molecule is C.C.CC1=Nc2cc([N+](=O)[O-])ccc2OC1.CI.COC(C)CN=C1COc2ccc([N+](=O)[O-])cc2N1.COC(CN)OC.Nc1ccc2c(c1)-n1ccnc1CO2.O=C1COc2ccc([N+](=O)[O-])cc2N1.O=[N+]([O-])c1ccc2c(c1)-n1ccnc1CO2.O=[N+]([O-])c1ccc2c(c1)NC(=S)CO2.S=PP(P=S)P=S=S=S=S=S=S=S=S. The molecule has 0 radical (unpaired) electrons. The molecule has 0 saturated heterocycles. The van der Waals surface area contributed by atoms with Gasteiger partial charge >= 0.3 is 0 Å². The molecule has 1 unspecified atom stereocenters. The summed E-state index contributed by atoms with van der Waals surface area (Å²) in [5.41, 5.74) is 16.1. The predicted molar refractivity (Wildman–Crippen MR) is 493 cm³/mol. The number of nitrogens with two attached hydrogens (primary N) is 2. The van der Waals surface area contributed by atoms with Crippen molar-refractivity contribution in [3.05, 3.63) is 196 Å². The van der Waals surface area contributed by atoms with Gasteiger partial charge in [-0.25, -0.2) is 9.97 Å². The highest BCUT2D eigenvalue weighted by atomic mass is 127. The Bertz CT molecular complexity index is 5160. The van der Waals surface area contributed by atoms with Crippen molar-refractivity contribution in [2.75, 3.05) is 87.5 Å². The molecule has 116 heavy (non-hydrogen) atoms. The molecule has 6 aliphatic heterocycles. The van der Waals surface area contributed by atoms with E-state index < -0.39 is 24.6 Å². The first kappa shape index (κ1) is 100. The number of carbonyl (C=O) groups is 1. The molecule has 6 aliphatic rings. The maximum atomic E-state index is 10.9. The number of non-ortho nitro benzene ring substituents is 5. The summed E-state index contributed by atoms with van der Waals surface area (Å²) >= 11 is 21.7. The first-order valence-electron chi connectivity index (χ1n) is 31.6. The van der Waals surface area contributed by atoms with E-state index in [4.69, 9.17) is 101 Å². The first-order valence-corrected chi connectivity index (χ1v) is 52.7. The molecule has 2 aromatic heterocycles. The van der Waals surface area contributed by atoms with Crippen LogP contribution in [-0.4, -0.2) is 144 Å². The number of nitro groups is 5. The number of anilines is 4. The van der Waals surface area contributed by atoms with Crippen molar-refractivity contribution in [2.45, 2.75) is 54.3 Å². The van der Waals surface area contributed by atoms with Gasteiger partial charge in [-0.05, 0) is 141 Å². The van der Waals surface area contributed by atoms with E-state index in [1.165, 1.54) is 82.7 Å². The van der Waals surface area contributed by atoms with Crippen LogP contribution in [-0.2, 0) is 130 Å². The molecule has 7 N–H and O–H groups in total.